The summed E-state index contributed by atoms with van der Waals surface area (Å²) in [5, 5.41) is 6.41. The van der Waals surface area contributed by atoms with Crippen LogP contribution in [0.15, 0.2) is 36.4 Å². The van der Waals surface area contributed by atoms with E-state index in [1.165, 1.54) is 12.1 Å². The number of nitrogens with two attached hydrogens (primary N) is 1. The van der Waals surface area contributed by atoms with Crippen molar-refractivity contribution >= 4 is 17.6 Å². The minimum Gasteiger partial charge on any atom is -0.332 e. The van der Waals surface area contributed by atoms with Crippen molar-refractivity contribution in [2.24, 2.45) is 0 Å². The normalized spacial score (nSPS) is 11.7. The molecule has 26 heavy (non-hydrogen) atoms. The number of hydrogen-bond donors (Lipinski definition) is 3. The summed E-state index contributed by atoms with van der Waals surface area (Å²) in [6.45, 7) is 5.43. The summed E-state index contributed by atoms with van der Waals surface area (Å²) in [6.07, 6.45) is 0. The van der Waals surface area contributed by atoms with Gasteiger partial charge in [0.2, 0.25) is 0 Å². The van der Waals surface area contributed by atoms with Crippen molar-refractivity contribution in [3.8, 4) is 0 Å². The Morgan fingerprint density at radius 1 is 1.12 bits per heavy atom. The molecule has 0 saturated heterocycles. The Bertz CT molecular complexity index is 824. The van der Waals surface area contributed by atoms with E-state index in [1.54, 1.807) is 18.3 Å². The average Bonchev–Trinajstić information content (AvgIpc) is 2.55. The largest absolute Gasteiger partial charge is 0.332 e. The zero-order valence-corrected chi connectivity index (χ0v) is 14.9. The molecule has 4 N–H and O–H groups in total. The molecule has 2 aromatic carbocycles. The summed E-state index contributed by atoms with van der Waals surface area (Å²) < 4.78 is 26.7. The monoisotopic (exact) mass is 362 g/mol. The maximum Gasteiger partial charge on any atom is 0.326 e. The lowest BCUT2D eigenvalue weighted by Crippen LogP contribution is -2.87. The van der Waals surface area contributed by atoms with Gasteiger partial charge in [0, 0.05) is 17.3 Å². The topological polar surface area (TPSA) is 74.8 Å². The lowest BCUT2D eigenvalue weighted by molar-refractivity contribution is -0.682. The van der Waals surface area contributed by atoms with E-state index in [1.807, 2.05) is 26.0 Å². The maximum atomic E-state index is 13.7. The molecule has 0 heterocycles. The standard InChI is InChI=1S/C19H21F2N3O2/c1-11-4-7-17(12(2)8-11)23-19(26)24-18(25)10-22-13(3)15-6-5-14(20)9-16(15)21/h4-9,13,22H,10H2,1-3H3,(H2,23,24,25,26)/p+1/t13-/m1/s1. The van der Waals surface area contributed by atoms with Crippen LogP contribution >= 0.6 is 0 Å². The van der Waals surface area contributed by atoms with Crippen molar-refractivity contribution in [1.29, 1.82) is 0 Å². The Balaban J connectivity index is 1.85. The molecule has 2 aromatic rings. The second-order valence-corrected chi connectivity index (χ2v) is 6.22. The van der Waals surface area contributed by atoms with Gasteiger partial charge in [-0.25, -0.2) is 13.6 Å². The molecule has 0 radical (unpaired) electrons. The third kappa shape index (κ3) is 5.35. The van der Waals surface area contributed by atoms with Crippen LogP contribution in [-0.2, 0) is 4.79 Å². The van der Waals surface area contributed by atoms with Crippen LogP contribution in [0, 0.1) is 25.5 Å². The number of quaternary nitrogens is 1. The van der Waals surface area contributed by atoms with Crippen LogP contribution in [0.2, 0.25) is 0 Å². The zero-order chi connectivity index (χ0) is 19.3. The Morgan fingerprint density at radius 3 is 2.50 bits per heavy atom. The van der Waals surface area contributed by atoms with Crippen LogP contribution in [0.5, 0.6) is 0 Å². The molecule has 3 amide bonds. The summed E-state index contributed by atoms with van der Waals surface area (Å²) >= 11 is 0. The first kappa shape index (κ1) is 19.5. The highest BCUT2D eigenvalue weighted by Gasteiger charge is 2.17. The van der Waals surface area contributed by atoms with E-state index in [4.69, 9.17) is 0 Å². The molecular formula is C19H22F2N3O2+. The van der Waals surface area contributed by atoms with Crippen molar-refractivity contribution in [2.75, 3.05) is 11.9 Å². The number of hydrogen-bond acceptors (Lipinski definition) is 2. The fourth-order valence-electron chi connectivity index (χ4n) is 2.57. The average molecular weight is 362 g/mol. The van der Waals surface area contributed by atoms with Crippen LogP contribution < -0.4 is 16.0 Å². The first-order valence-electron chi connectivity index (χ1n) is 8.22. The molecule has 0 spiro atoms. The predicted molar refractivity (Wildman–Crippen MR) is 94.6 cm³/mol. The number of halogens is 2. The predicted octanol–water partition coefficient (Wildman–Crippen LogP) is 2.55. The summed E-state index contributed by atoms with van der Waals surface area (Å²) in [4.78, 5) is 23.8. The zero-order valence-electron chi connectivity index (χ0n) is 14.9. The number of aryl methyl sites for hydroxylation is 2. The molecule has 0 saturated carbocycles. The fourth-order valence-corrected chi connectivity index (χ4v) is 2.57. The van der Waals surface area contributed by atoms with Gasteiger partial charge < -0.3 is 10.6 Å². The molecular weight excluding hydrogens is 340 g/mol. The molecule has 2 rings (SSSR count). The van der Waals surface area contributed by atoms with Crippen LogP contribution in [0.25, 0.3) is 0 Å². The number of anilines is 1. The number of nitrogens with one attached hydrogen (secondary N) is 2. The van der Waals surface area contributed by atoms with Gasteiger partial charge in [-0.15, -0.1) is 0 Å². The van der Waals surface area contributed by atoms with Gasteiger partial charge in [0.15, 0.2) is 6.54 Å². The van der Waals surface area contributed by atoms with Gasteiger partial charge in [-0.2, -0.15) is 0 Å². The first-order chi connectivity index (χ1) is 12.3. The molecule has 0 aliphatic heterocycles. The third-order valence-electron chi connectivity index (χ3n) is 3.99. The third-order valence-corrected chi connectivity index (χ3v) is 3.99. The molecule has 0 unspecified atom stereocenters. The minimum atomic E-state index is -0.665. The molecule has 138 valence electrons. The molecule has 0 bridgehead atoms. The van der Waals surface area contributed by atoms with Gasteiger partial charge in [0.25, 0.3) is 5.91 Å². The molecule has 0 aliphatic rings. The highest BCUT2D eigenvalue weighted by atomic mass is 19.1. The number of rotatable bonds is 5. The fraction of sp³-hybridized carbons (Fsp3) is 0.263. The van der Waals surface area contributed by atoms with Crippen molar-refractivity contribution in [3.05, 3.63) is 64.7 Å². The lowest BCUT2D eigenvalue weighted by Gasteiger charge is -2.12. The molecule has 0 fully saturated rings. The summed E-state index contributed by atoms with van der Waals surface area (Å²) in [7, 11) is 0. The van der Waals surface area contributed by atoms with Crippen molar-refractivity contribution in [3.63, 3.8) is 0 Å². The quantitative estimate of drug-likeness (QED) is 0.765. The highest BCUT2D eigenvalue weighted by Crippen LogP contribution is 2.16. The van der Waals surface area contributed by atoms with Crippen LogP contribution in [0.3, 0.4) is 0 Å². The molecule has 0 aromatic heterocycles. The number of urea groups is 1. The van der Waals surface area contributed by atoms with E-state index in [0.717, 1.165) is 17.2 Å². The highest BCUT2D eigenvalue weighted by molar-refractivity contribution is 6.01. The number of carbonyl (C=O) groups is 2. The smallest absolute Gasteiger partial charge is 0.326 e. The van der Waals surface area contributed by atoms with Crippen LogP contribution in [0.1, 0.15) is 29.7 Å². The van der Waals surface area contributed by atoms with Gasteiger partial charge >= 0.3 is 6.03 Å². The van der Waals surface area contributed by atoms with E-state index in [2.05, 4.69) is 10.6 Å². The minimum absolute atomic E-state index is 0.0711. The van der Waals surface area contributed by atoms with E-state index < -0.39 is 29.6 Å². The Labute approximate surface area is 150 Å². The summed E-state index contributed by atoms with van der Waals surface area (Å²) in [5.74, 6) is -1.83. The number of imide groups is 1. The van der Waals surface area contributed by atoms with Crippen molar-refractivity contribution in [2.45, 2.75) is 26.8 Å². The number of carbonyl (C=O) groups excluding carboxylic acids is 2. The molecule has 5 nitrogen and oxygen atoms in total. The van der Waals surface area contributed by atoms with Gasteiger partial charge in [-0.3, -0.25) is 10.1 Å². The van der Waals surface area contributed by atoms with Gasteiger partial charge in [-0.1, -0.05) is 17.7 Å². The van der Waals surface area contributed by atoms with E-state index >= 15 is 0 Å². The molecule has 1 atom stereocenters. The van der Waals surface area contributed by atoms with Gasteiger partial charge in [0.1, 0.15) is 17.7 Å². The second-order valence-electron chi connectivity index (χ2n) is 6.22. The Kier molecular flexibility index (Phi) is 6.41. The second kappa shape index (κ2) is 8.53. The van der Waals surface area contributed by atoms with Crippen molar-refractivity contribution in [1.82, 2.24) is 5.32 Å². The molecule has 0 aliphatic carbocycles. The summed E-state index contributed by atoms with van der Waals surface area (Å²) in [5.41, 5.74) is 2.87. The lowest BCUT2D eigenvalue weighted by atomic mass is 10.1. The van der Waals surface area contributed by atoms with E-state index in [-0.39, 0.29) is 6.54 Å². The summed E-state index contributed by atoms with van der Waals surface area (Å²) in [6, 6.07) is 7.83. The van der Waals surface area contributed by atoms with E-state index in [9.17, 15) is 18.4 Å². The number of benzene rings is 2. The van der Waals surface area contributed by atoms with E-state index in [0.29, 0.717) is 11.3 Å². The van der Waals surface area contributed by atoms with Crippen molar-refractivity contribution < 1.29 is 23.7 Å². The Hall–Kier alpha value is -2.80. The Morgan fingerprint density at radius 2 is 1.85 bits per heavy atom. The van der Waals surface area contributed by atoms with Gasteiger partial charge in [-0.05, 0) is 44.5 Å². The van der Waals surface area contributed by atoms with Gasteiger partial charge in [0.05, 0.1) is 0 Å². The maximum absolute atomic E-state index is 13.7. The SMILES string of the molecule is Cc1ccc(NC(=O)NC(=O)C[NH2+][C@H](C)c2ccc(F)cc2F)c(C)c1. The van der Waals surface area contributed by atoms with Crippen LogP contribution in [-0.4, -0.2) is 18.5 Å². The first-order valence-corrected chi connectivity index (χ1v) is 8.22. The number of amides is 3. The molecule has 7 heteroatoms. The van der Waals surface area contributed by atoms with Crippen LogP contribution in [0.4, 0.5) is 19.3 Å².